The summed E-state index contributed by atoms with van der Waals surface area (Å²) in [5, 5.41) is 17.6. The van der Waals surface area contributed by atoms with Crippen molar-refractivity contribution in [1.29, 1.82) is 0 Å². The summed E-state index contributed by atoms with van der Waals surface area (Å²) in [6.45, 7) is 2.52. The predicted molar refractivity (Wildman–Crippen MR) is 92.0 cm³/mol. The van der Waals surface area contributed by atoms with Crippen molar-refractivity contribution in [2.24, 2.45) is 7.05 Å². The second-order valence-electron chi connectivity index (χ2n) is 5.57. The maximum atomic E-state index is 12.4. The highest BCUT2D eigenvalue weighted by molar-refractivity contribution is 6.02. The lowest BCUT2D eigenvalue weighted by Gasteiger charge is -2.08. The summed E-state index contributed by atoms with van der Waals surface area (Å²) in [7, 11) is 1.65. The van der Waals surface area contributed by atoms with Gasteiger partial charge in [0.2, 0.25) is 5.91 Å². The highest BCUT2D eigenvalue weighted by Crippen LogP contribution is 2.15. The Morgan fingerprint density at radius 2 is 2.04 bits per heavy atom. The summed E-state index contributed by atoms with van der Waals surface area (Å²) < 4.78 is 2.95. The Bertz CT molecular complexity index is 912. The molecule has 0 radical (unpaired) electrons. The normalized spacial score (nSPS) is 10.8. The third kappa shape index (κ3) is 3.49. The molecule has 3 rings (SSSR count). The van der Waals surface area contributed by atoms with E-state index in [-0.39, 0.29) is 18.4 Å². The highest BCUT2D eigenvalue weighted by Gasteiger charge is 2.19. The number of fused-ring (bicyclic) bond motifs is 1. The van der Waals surface area contributed by atoms with Crippen LogP contribution in [0.25, 0.3) is 11.0 Å². The number of aryl methyl sites for hydroxylation is 1. The number of para-hydroxylation sites is 1. The Kier molecular flexibility index (Phi) is 4.73. The Balaban J connectivity index is 1.74. The van der Waals surface area contributed by atoms with Crippen molar-refractivity contribution in [3.05, 3.63) is 36.2 Å². The van der Waals surface area contributed by atoms with Gasteiger partial charge in [-0.2, -0.15) is 5.10 Å². The van der Waals surface area contributed by atoms with Gasteiger partial charge in [-0.15, -0.1) is 5.10 Å². The Labute approximate surface area is 144 Å². The molecule has 2 amide bonds. The average molecular weight is 341 g/mol. The van der Waals surface area contributed by atoms with E-state index in [1.165, 1.54) is 15.6 Å². The van der Waals surface area contributed by atoms with Crippen LogP contribution in [0.1, 0.15) is 23.8 Å². The van der Waals surface area contributed by atoms with Gasteiger partial charge in [0.05, 0.1) is 17.4 Å². The first kappa shape index (κ1) is 16.6. The molecule has 0 fully saturated rings. The molecule has 25 heavy (non-hydrogen) atoms. The molecule has 0 unspecified atom stereocenters. The summed E-state index contributed by atoms with van der Waals surface area (Å²) in [5.74, 6) is -0.587. The molecule has 0 aliphatic rings. The van der Waals surface area contributed by atoms with Gasteiger partial charge in [0.1, 0.15) is 17.8 Å². The summed E-state index contributed by atoms with van der Waals surface area (Å²) in [6, 6.07) is 7.39. The number of hydrogen-bond donors (Lipinski definition) is 2. The van der Waals surface area contributed by atoms with Gasteiger partial charge >= 0.3 is 0 Å². The van der Waals surface area contributed by atoms with Crippen molar-refractivity contribution >= 4 is 28.5 Å². The number of hydrogen-bond acceptors (Lipinski definition) is 5. The summed E-state index contributed by atoms with van der Waals surface area (Å²) >= 11 is 0. The standard InChI is InChI=1S/C16H19N7O2/c1-3-8-17-16(25)15-12(9-18-22(15)2)19-14(24)10-23-13-7-5-4-6-11(13)20-21-23/h4-7,9H,3,8,10H2,1-2H3,(H,17,25)(H,19,24). The van der Waals surface area contributed by atoms with Crippen LogP contribution in [-0.2, 0) is 18.4 Å². The molecule has 0 atom stereocenters. The molecule has 2 N–H and O–H groups in total. The number of anilines is 1. The number of carbonyl (C=O) groups excluding carboxylic acids is 2. The molecule has 0 aliphatic heterocycles. The highest BCUT2D eigenvalue weighted by atomic mass is 16.2. The zero-order valence-corrected chi connectivity index (χ0v) is 14.1. The zero-order valence-electron chi connectivity index (χ0n) is 14.1. The van der Waals surface area contributed by atoms with Crippen LogP contribution >= 0.6 is 0 Å². The molecule has 0 aliphatic carbocycles. The molecule has 0 saturated carbocycles. The van der Waals surface area contributed by atoms with Crippen molar-refractivity contribution in [2.45, 2.75) is 19.9 Å². The summed E-state index contributed by atoms with van der Waals surface area (Å²) in [6.07, 6.45) is 2.28. The molecule has 130 valence electrons. The fourth-order valence-electron chi connectivity index (χ4n) is 2.48. The number of aromatic nitrogens is 5. The summed E-state index contributed by atoms with van der Waals surface area (Å²) in [4.78, 5) is 24.6. The fourth-order valence-corrected chi connectivity index (χ4v) is 2.48. The third-order valence-corrected chi connectivity index (χ3v) is 3.68. The number of amides is 2. The van der Waals surface area contributed by atoms with Crippen LogP contribution in [0.4, 0.5) is 5.69 Å². The van der Waals surface area contributed by atoms with E-state index in [4.69, 9.17) is 0 Å². The van der Waals surface area contributed by atoms with Crippen molar-refractivity contribution in [3.63, 3.8) is 0 Å². The van der Waals surface area contributed by atoms with Crippen molar-refractivity contribution < 1.29 is 9.59 Å². The Morgan fingerprint density at radius 1 is 1.24 bits per heavy atom. The van der Waals surface area contributed by atoms with E-state index in [0.717, 1.165) is 17.5 Å². The topological polar surface area (TPSA) is 107 Å². The first-order valence-corrected chi connectivity index (χ1v) is 7.98. The minimum absolute atomic E-state index is 0.00851. The maximum Gasteiger partial charge on any atom is 0.271 e. The number of rotatable bonds is 6. The lowest BCUT2D eigenvalue weighted by atomic mass is 10.3. The van der Waals surface area contributed by atoms with Gasteiger partial charge in [-0.25, -0.2) is 4.68 Å². The van der Waals surface area contributed by atoms with E-state index in [0.29, 0.717) is 17.9 Å². The van der Waals surface area contributed by atoms with Crippen LogP contribution in [0.3, 0.4) is 0 Å². The molecule has 3 aromatic rings. The van der Waals surface area contributed by atoms with E-state index in [2.05, 4.69) is 26.0 Å². The molecule has 0 saturated heterocycles. The van der Waals surface area contributed by atoms with Crippen LogP contribution in [-0.4, -0.2) is 43.1 Å². The molecule has 9 heteroatoms. The first-order chi connectivity index (χ1) is 12.1. The first-order valence-electron chi connectivity index (χ1n) is 7.98. The number of carbonyl (C=O) groups is 2. The van der Waals surface area contributed by atoms with E-state index in [9.17, 15) is 9.59 Å². The fraction of sp³-hybridized carbons (Fsp3) is 0.312. The number of nitrogens with zero attached hydrogens (tertiary/aromatic N) is 5. The van der Waals surface area contributed by atoms with Crippen LogP contribution in [0.15, 0.2) is 30.5 Å². The Hall–Kier alpha value is -3.23. The molecule has 1 aromatic carbocycles. The molecule has 0 spiro atoms. The van der Waals surface area contributed by atoms with Gasteiger partial charge < -0.3 is 10.6 Å². The monoisotopic (exact) mass is 341 g/mol. The molecule has 0 bridgehead atoms. The smallest absolute Gasteiger partial charge is 0.271 e. The van der Waals surface area contributed by atoms with Gasteiger partial charge in [-0.3, -0.25) is 14.3 Å². The lowest BCUT2D eigenvalue weighted by Crippen LogP contribution is -2.28. The van der Waals surface area contributed by atoms with Crippen molar-refractivity contribution in [1.82, 2.24) is 30.1 Å². The largest absolute Gasteiger partial charge is 0.351 e. The van der Waals surface area contributed by atoms with Crippen LogP contribution in [0.2, 0.25) is 0 Å². The van der Waals surface area contributed by atoms with Gasteiger partial charge in [0.25, 0.3) is 5.91 Å². The maximum absolute atomic E-state index is 12.4. The van der Waals surface area contributed by atoms with E-state index in [1.54, 1.807) is 7.05 Å². The van der Waals surface area contributed by atoms with Gasteiger partial charge in [0.15, 0.2) is 0 Å². The van der Waals surface area contributed by atoms with Crippen LogP contribution in [0, 0.1) is 0 Å². The minimum Gasteiger partial charge on any atom is -0.351 e. The average Bonchev–Trinajstić information content (AvgIpc) is 3.17. The zero-order chi connectivity index (χ0) is 17.8. The number of nitrogens with one attached hydrogen (secondary N) is 2. The van der Waals surface area contributed by atoms with Crippen LogP contribution < -0.4 is 10.6 Å². The van der Waals surface area contributed by atoms with E-state index in [1.807, 2.05) is 31.2 Å². The molecule has 9 nitrogen and oxygen atoms in total. The van der Waals surface area contributed by atoms with E-state index < -0.39 is 0 Å². The second-order valence-corrected chi connectivity index (χ2v) is 5.57. The second kappa shape index (κ2) is 7.12. The van der Waals surface area contributed by atoms with Gasteiger partial charge in [-0.05, 0) is 18.6 Å². The van der Waals surface area contributed by atoms with E-state index >= 15 is 0 Å². The van der Waals surface area contributed by atoms with Gasteiger partial charge in [-0.1, -0.05) is 24.3 Å². The molecule has 2 heterocycles. The SMILES string of the molecule is CCCNC(=O)c1c(NC(=O)Cn2nnc3ccccc32)cnn1C. The van der Waals surface area contributed by atoms with Crippen molar-refractivity contribution in [3.8, 4) is 0 Å². The molecular formula is C16H19N7O2. The lowest BCUT2D eigenvalue weighted by molar-refractivity contribution is -0.116. The Morgan fingerprint density at radius 3 is 2.84 bits per heavy atom. The third-order valence-electron chi connectivity index (χ3n) is 3.68. The minimum atomic E-state index is -0.312. The molecule has 2 aromatic heterocycles. The molecular weight excluding hydrogens is 322 g/mol. The van der Waals surface area contributed by atoms with Crippen molar-refractivity contribution in [2.75, 3.05) is 11.9 Å². The summed E-state index contributed by atoms with van der Waals surface area (Å²) in [5.41, 5.74) is 2.16. The van der Waals surface area contributed by atoms with Crippen LogP contribution in [0.5, 0.6) is 0 Å². The van der Waals surface area contributed by atoms with Gasteiger partial charge in [0, 0.05) is 13.6 Å². The quantitative estimate of drug-likeness (QED) is 0.694. The predicted octanol–water partition coefficient (Wildman–Crippen LogP) is 0.943. The number of benzene rings is 1.